The summed E-state index contributed by atoms with van der Waals surface area (Å²) in [6.45, 7) is 5.24. The van der Waals surface area contributed by atoms with E-state index < -0.39 is 17.6 Å². The van der Waals surface area contributed by atoms with Gasteiger partial charge in [-0.1, -0.05) is 18.2 Å². The van der Waals surface area contributed by atoms with Crippen molar-refractivity contribution >= 4 is 11.8 Å². The zero-order valence-electron chi connectivity index (χ0n) is 21.3. The first-order valence-electron chi connectivity index (χ1n) is 13.1. The van der Waals surface area contributed by atoms with Crippen molar-refractivity contribution in [2.24, 2.45) is 5.92 Å². The van der Waals surface area contributed by atoms with Crippen molar-refractivity contribution < 1.29 is 27.2 Å². The second-order valence-corrected chi connectivity index (χ2v) is 10.2. The van der Waals surface area contributed by atoms with Gasteiger partial charge in [0.25, 0.3) is 5.91 Å². The number of hydrogen-bond donors (Lipinski definition) is 2. The number of piperidine rings is 1. The molecule has 10 heteroatoms. The highest BCUT2D eigenvalue weighted by molar-refractivity contribution is 5.96. The number of amides is 2. The summed E-state index contributed by atoms with van der Waals surface area (Å²) >= 11 is 0. The molecule has 0 aliphatic carbocycles. The topological polar surface area (TPSA) is 64.7 Å². The molecule has 0 spiro atoms. The largest absolute Gasteiger partial charge is 0.416 e. The highest BCUT2D eigenvalue weighted by Gasteiger charge is 2.31. The number of likely N-dealkylation sites (tertiary alicyclic amines) is 2. The molecule has 206 valence electrons. The van der Waals surface area contributed by atoms with E-state index in [1.807, 2.05) is 12.1 Å². The molecule has 2 aromatic carbocycles. The summed E-state index contributed by atoms with van der Waals surface area (Å²) in [5.74, 6) is -0.621. The molecule has 0 radical (unpaired) electrons. The van der Waals surface area contributed by atoms with Gasteiger partial charge in [0, 0.05) is 31.2 Å². The van der Waals surface area contributed by atoms with E-state index in [1.54, 1.807) is 0 Å². The summed E-state index contributed by atoms with van der Waals surface area (Å²) in [4.78, 5) is 29.3. The standard InChI is InChI=1S/C28H34F4N4O2/c29-24-6-4-21(5-7-24)18-35-12-8-20(9-13-35)10-14-36-15-11-25(19-36)34-26(37)17-33-27(38)22-2-1-3-23(16-22)28(30,31)32/h1-7,16,20,25H,8-15,17-19H2,(H,33,38)(H,34,37)/t25-/m1/s1. The molecule has 4 rings (SSSR count). The van der Waals surface area contributed by atoms with Gasteiger partial charge in [0.15, 0.2) is 0 Å². The Bertz CT molecular complexity index is 1090. The van der Waals surface area contributed by atoms with Crippen LogP contribution in [0.3, 0.4) is 0 Å². The average Bonchev–Trinajstić information content (AvgIpc) is 3.35. The predicted octanol–water partition coefficient (Wildman–Crippen LogP) is 4.07. The quantitative estimate of drug-likeness (QED) is 0.477. The number of benzene rings is 2. The average molecular weight is 535 g/mol. The lowest BCUT2D eigenvalue weighted by molar-refractivity contribution is -0.137. The van der Waals surface area contributed by atoms with Crippen LogP contribution in [0.25, 0.3) is 0 Å². The molecule has 2 saturated heterocycles. The molecule has 2 amide bonds. The molecule has 2 N–H and O–H groups in total. The molecular formula is C28H34F4N4O2. The smallest absolute Gasteiger partial charge is 0.350 e. The van der Waals surface area contributed by atoms with Crippen LogP contribution in [0.1, 0.15) is 47.2 Å². The van der Waals surface area contributed by atoms with Crippen molar-refractivity contribution in [3.63, 3.8) is 0 Å². The Kier molecular flexibility index (Phi) is 9.38. The van der Waals surface area contributed by atoms with Crippen molar-refractivity contribution in [3.8, 4) is 0 Å². The fraction of sp³-hybridized carbons (Fsp3) is 0.500. The maximum absolute atomic E-state index is 13.1. The first-order chi connectivity index (χ1) is 18.2. The van der Waals surface area contributed by atoms with E-state index in [4.69, 9.17) is 0 Å². The second kappa shape index (κ2) is 12.7. The Balaban J connectivity index is 1.11. The van der Waals surface area contributed by atoms with Crippen LogP contribution < -0.4 is 10.6 Å². The van der Waals surface area contributed by atoms with Crippen molar-refractivity contribution in [3.05, 3.63) is 71.0 Å². The van der Waals surface area contributed by atoms with Crippen LogP contribution in [0.15, 0.2) is 48.5 Å². The van der Waals surface area contributed by atoms with Gasteiger partial charge in [-0.3, -0.25) is 14.5 Å². The van der Waals surface area contributed by atoms with E-state index in [1.165, 1.54) is 24.3 Å². The zero-order valence-corrected chi connectivity index (χ0v) is 21.3. The van der Waals surface area contributed by atoms with Gasteiger partial charge in [0.2, 0.25) is 5.91 Å². The van der Waals surface area contributed by atoms with E-state index in [9.17, 15) is 27.2 Å². The lowest BCUT2D eigenvalue weighted by atomic mass is 9.93. The summed E-state index contributed by atoms with van der Waals surface area (Å²) in [5, 5.41) is 5.32. The van der Waals surface area contributed by atoms with Crippen LogP contribution in [-0.2, 0) is 17.5 Å². The Morgan fingerprint density at radius 2 is 1.66 bits per heavy atom. The number of carbonyl (C=O) groups is 2. The SMILES string of the molecule is O=C(CNC(=O)c1cccc(C(F)(F)F)c1)N[C@@H]1CCN(CCC2CCN(Cc3ccc(F)cc3)CC2)C1. The van der Waals surface area contributed by atoms with Gasteiger partial charge in [-0.2, -0.15) is 13.2 Å². The normalized spacial score (nSPS) is 19.4. The van der Waals surface area contributed by atoms with Gasteiger partial charge in [0.1, 0.15) is 5.82 Å². The van der Waals surface area contributed by atoms with Crippen LogP contribution in [0.2, 0.25) is 0 Å². The van der Waals surface area contributed by atoms with Crippen molar-refractivity contribution in [2.75, 3.05) is 39.3 Å². The number of rotatable bonds is 9. The van der Waals surface area contributed by atoms with Crippen molar-refractivity contribution in [1.29, 1.82) is 0 Å². The van der Waals surface area contributed by atoms with Crippen LogP contribution in [-0.4, -0.2) is 66.9 Å². The third-order valence-corrected chi connectivity index (χ3v) is 7.38. The van der Waals surface area contributed by atoms with Crippen LogP contribution in [0.5, 0.6) is 0 Å². The Hall–Kier alpha value is -2.98. The van der Waals surface area contributed by atoms with Crippen molar-refractivity contribution in [2.45, 2.75) is 44.4 Å². The van der Waals surface area contributed by atoms with Gasteiger partial charge in [0.05, 0.1) is 12.1 Å². The molecule has 0 aromatic heterocycles. The molecule has 6 nitrogen and oxygen atoms in total. The molecule has 2 aliphatic heterocycles. The molecule has 1 atom stereocenters. The van der Waals surface area contributed by atoms with Crippen LogP contribution in [0, 0.1) is 11.7 Å². The van der Waals surface area contributed by atoms with E-state index in [2.05, 4.69) is 20.4 Å². The Morgan fingerprint density at radius 3 is 2.37 bits per heavy atom. The zero-order chi connectivity index (χ0) is 27.1. The van der Waals surface area contributed by atoms with E-state index in [0.717, 1.165) is 82.6 Å². The number of hydrogen-bond acceptors (Lipinski definition) is 4. The first kappa shape index (κ1) is 28.0. The molecule has 0 unspecified atom stereocenters. The number of carbonyl (C=O) groups excluding carboxylic acids is 2. The predicted molar refractivity (Wildman–Crippen MR) is 136 cm³/mol. The van der Waals surface area contributed by atoms with Crippen LogP contribution >= 0.6 is 0 Å². The highest BCUT2D eigenvalue weighted by Crippen LogP contribution is 2.29. The minimum Gasteiger partial charge on any atom is -0.350 e. The number of alkyl halides is 3. The first-order valence-corrected chi connectivity index (χ1v) is 13.1. The van der Waals surface area contributed by atoms with Crippen molar-refractivity contribution in [1.82, 2.24) is 20.4 Å². The molecule has 2 heterocycles. The third kappa shape index (κ3) is 8.26. The minimum absolute atomic E-state index is 0.00878. The molecule has 2 fully saturated rings. The van der Waals surface area contributed by atoms with Gasteiger partial charge in [-0.05, 0) is 87.1 Å². The number of nitrogens with one attached hydrogen (secondary N) is 2. The molecule has 2 aromatic rings. The summed E-state index contributed by atoms with van der Waals surface area (Å²) in [6, 6.07) is 10.8. The van der Waals surface area contributed by atoms with E-state index >= 15 is 0 Å². The van der Waals surface area contributed by atoms with E-state index in [0.29, 0.717) is 5.92 Å². The Labute approximate surface area is 220 Å². The maximum Gasteiger partial charge on any atom is 0.416 e. The molecular weight excluding hydrogens is 500 g/mol. The summed E-state index contributed by atoms with van der Waals surface area (Å²) in [6.07, 6.45) is -0.326. The molecule has 0 saturated carbocycles. The Morgan fingerprint density at radius 1 is 0.947 bits per heavy atom. The summed E-state index contributed by atoms with van der Waals surface area (Å²) in [7, 11) is 0. The monoisotopic (exact) mass is 534 g/mol. The lowest BCUT2D eigenvalue weighted by Gasteiger charge is -2.32. The third-order valence-electron chi connectivity index (χ3n) is 7.38. The van der Waals surface area contributed by atoms with Gasteiger partial charge in [-0.25, -0.2) is 4.39 Å². The fourth-order valence-corrected chi connectivity index (χ4v) is 5.18. The van der Waals surface area contributed by atoms with Crippen LogP contribution in [0.4, 0.5) is 17.6 Å². The van der Waals surface area contributed by atoms with Gasteiger partial charge >= 0.3 is 6.18 Å². The fourth-order valence-electron chi connectivity index (χ4n) is 5.18. The van der Waals surface area contributed by atoms with E-state index in [-0.39, 0.29) is 29.9 Å². The van der Waals surface area contributed by atoms with Gasteiger partial charge < -0.3 is 15.5 Å². The number of nitrogens with zero attached hydrogens (tertiary/aromatic N) is 2. The second-order valence-electron chi connectivity index (χ2n) is 10.2. The summed E-state index contributed by atoms with van der Waals surface area (Å²) in [5.41, 5.74) is 0.0855. The molecule has 2 aliphatic rings. The highest BCUT2D eigenvalue weighted by atomic mass is 19.4. The molecule has 38 heavy (non-hydrogen) atoms. The number of halogens is 4. The lowest BCUT2D eigenvalue weighted by Crippen LogP contribution is -2.43. The maximum atomic E-state index is 13.1. The minimum atomic E-state index is -4.54. The summed E-state index contributed by atoms with van der Waals surface area (Å²) < 4.78 is 51.7. The molecule has 0 bridgehead atoms. The van der Waals surface area contributed by atoms with Gasteiger partial charge in [-0.15, -0.1) is 0 Å².